The highest BCUT2D eigenvalue weighted by atomic mass is 79.9. The van der Waals surface area contributed by atoms with Crippen LogP contribution in [0.5, 0.6) is 5.75 Å². The van der Waals surface area contributed by atoms with Gasteiger partial charge in [0.15, 0.2) is 6.61 Å². The van der Waals surface area contributed by atoms with Gasteiger partial charge in [-0.3, -0.25) is 4.79 Å². The zero-order valence-electron chi connectivity index (χ0n) is 12.6. The topological polar surface area (TPSA) is 38.3 Å². The first-order chi connectivity index (χ1) is 10.1. The summed E-state index contributed by atoms with van der Waals surface area (Å²) in [6.07, 6.45) is 4.65. The van der Waals surface area contributed by atoms with E-state index < -0.39 is 0 Å². The van der Waals surface area contributed by atoms with Gasteiger partial charge in [0.25, 0.3) is 5.91 Å². The number of nitrogens with one attached hydrogen (secondary N) is 1. The maximum Gasteiger partial charge on any atom is 0.257 e. The molecule has 21 heavy (non-hydrogen) atoms. The fourth-order valence-electron chi connectivity index (χ4n) is 1.99. The third-order valence-corrected chi connectivity index (χ3v) is 4.24. The van der Waals surface area contributed by atoms with Crippen molar-refractivity contribution in [3.63, 3.8) is 0 Å². The molecule has 3 nitrogen and oxygen atoms in total. The Morgan fingerprint density at radius 2 is 2.19 bits per heavy atom. The van der Waals surface area contributed by atoms with E-state index in [4.69, 9.17) is 16.3 Å². The molecule has 1 aromatic rings. The van der Waals surface area contributed by atoms with Crippen molar-refractivity contribution >= 4 is 33.4 Å². The van der Waals surface area contributed by atoms with Crippen LogP contribution < -0.4 is 10.1 Å². The molecular weight excluding hydrogens is 354 g/mol. The van der Waals surface area contributed by atoms with Crippen molar-refractivity contribution in [2.45, 2.75) is 39.5 Å². The smallest absolute Gasteiger partial charge is 0.257 e. The van der Waals surface area contributed by atoms with Crippen LogP contribution in [-0.2, 0) is 4.79 Å². The Bertz CT molecular complexity index is 454. The van der Waals surface area contributed by atoms with Gasteiger partial charge in [-0.05, 0) is 46.5 Å². The van der Waals surface area contributed by atoms with E-state index in [2.05, 4.69) is 35.1 Å². The number of hydrogen-bond donors (Lipinski definition) is 1. The number of amides is 1. The van der Waals surface area contributed by atoms with Gasteiger partial charge in [-0.25, -0.2) is 0 Å². The van der Waals surface area contributed by atoms with Gasteiger partial charge in [-0.1, -0.05) is 44.7 Å². The van der Waals surface area contributed by atoms with Gasteiger partial charge >= 0.3 is 0 Å². The van der Waals surface area contributed by atoms with Gasteiger partial charge in [0.2, 0.25) is 0 Å². The molecule has 0 spiro atoms. The second-order valence-corrected chi connectivity index (χ2v) is 6.37. The molecule has 0 saturated heterocycles. The minimum absolute atomic E-state index is 0.0183. The maximum atomic E-state index is 11.8. The minimum Gasteiger partial charge on any atom is -0.483 e. The van der Waals surface area contributed by atoms with Gasteiger partial charge in [0.1, 0.15) is 5.75 Å². The summed E-state index contributed by atoms with van der Waals surface area (Å²) < 4.78 is 6.23. The van der Waals surface area contributed by atoms with Crippen LogP contribution in [0.25, 0.3) is 0 Å². The number of ether oxygens (including phenoxy) is 1. The predicted octanol–water partition coefficient (Wildman–Crippen LogP) is 4.81. The fraction of sp³-hybridized carbons (Fsp3) is 0.562. The molecule has 5 heteroatoms. The number of rotatable bonds is 9. The van der Waals surface area contributed by atoms with Crippen molar-refractivity contribution in [2.75, 3.05) is 13.2 Å². The van der Waals surface area contributed by atoms with E-state index in [0.29, 0.717) is 16.7 Å². The first kappa shape index (κ1) is 18.3. The predicted molar refractivity (Wildman–Crippen MR) is 91.0 cm³/mol. The summed E-state index contributed by atoms with van der Waals surface area (Å²) in [7, 11) is 0. The summed E-state index contributed by atoms with van der Waals surface area (Å²) in [6, 6.07) is 5.22. The van der Waals surface area contributed by atoms with E-state index in [1.54, 1.807) is 18.2 Å². The second kappa shape index (κ2) is 10.1. The Kier molecular flexibility index (Phi) is 8.77. The van der Waals surface area contributed by atoms with Crippen LogP contribution in [-0.4, -0.2) is 19.1 Å². The first-order valence-electron chi connectivity index (χ1n) is 7.41. The Morgan fingerprint density at radius 1 is 1.43 bits per heavy atom. The SMILES string of the molecule is CCCC[C@@H](CC)CNC(=O)COc1ccc(Cl)cc1Br. The van der Waals surface area contributed by atoms with Gasteiger partial charge in [-0.15, -0.1) is 0 Å². The van der Waals surface area contributed by atoms with Crippen LogP contribution in [0.1, 0.15) is 39.5 Å². The van der Waals surface area contributed by atoms with Gasteiger partial charge in [-0.2, -0.15) is 0 Å². The molecule has 0 aliphatic rings. The standard InChI is InChI=1S/C16H23BrClNO2/c1-3-5-6-12(4-2)10-19-16(20)11-21-15-8-7-13(18)9-14(15)17/h7-9,12H,3-6,10-11H2,1-2H3,(H,19,20)/t12-/m1/s1. The normalized spacial score (nSPS) is 12.0. The Morgan fingerprint density at radius 3 is 2.81 bits per heavy atom. The van der Waals surface area contributed by atoms with Crippen LogP contribution in [0.15, 0.2) is 22.7 Å². The third kappa shape index (κ3) is 7.18. The van der Waals surface area contributed by atoms with Crippen molar-refractivity contribution in [3.05, 3.63) is 27.7 Å². The zero-order valence-corrected chi connectivity index (χ0v) is 15.0. The minimum atomic E-state index is -0.0909. The summed E-state index contributed by atoms with van der Waals surface area (Å²) in [5.74, 6) is 1.08. The molecule has 0 fully saturated rings. The highest BCUT2D eigenvalue weighted by Gasteiger charge is 2.09. The van der Waals surface area contributed by atoms with E-state index in [-0.39, 0.29) is 12.5 Å². The quantitative estimate of drug-likeness (QED) is 0.671. The molecule has 0 heterocycles. The largest absolute Gasteiger partial charge is 0.483 e. The summed E-state index contributed by atoms with van der Waals surface area (Å²) >= 11 is 9.21. The summed E-state index contributed by atoms with van der Waals surface area (Å²) in [5, 5.41) is 3.56. The number of unbranched alkanes of at least 4 members (excludes halogenated alkanes) is 1. The lowest BCUT2D eigenvalue weighted by Crippen LogP contribution is -2.33. The molecule has 1 atom stereocenters. The lowest BCUT2D eigenvalue weighted by atomic mass is 9.99. The molecule has 0 unspecified atom stereocenters. The van der Waals surface area contributed by atoms with E-state index >= 15 is 0 Å². The fourth-order valence-corrected chi connectivity index (χ4v) is 2.79. The molecular formula is C16H23BrClNO2. The first-order valence-corrected chi connectivity index (χ1v) is 8.58. The van der Waals surface area contributed by atoms with E-state index in [1.165, 1.54) is 12.8 Å². The molecule has 0 aromatic heterocycles. The monoisotopic (exact) mass is 375 g/mol. The number of carbonyl (C=O) groups is 1. The van der Waals surface area contributed by atoms with Crippen molar-refractivity contribution < 1.29 is 9.53 Å². The molecule has 118 valence electrons. The van der Waals surface area contributed by atoms with Gasteiger partial charge in [0.05, 0.1) is 4.47 Å². The average Bonchev–Trinajstić information content (AvgIpc) is 2.46. The summed E-state index contributed by atoms with van der Waals surface area (Å²) in [4.78, 5) is 11.8. The van der Waals surface area contributed by atoms with E-state index in [1.807, 2.05) is 0 Å². The Hall–Kier alpha value is -0.740. The van der Waals surface area contributed by atoms with Crippen LogP contribution in [0.3, 0.4) is 0 Å². The summed E-state index contributed by atoms with van der Waals surface area (Å²) in [6.45, 7) is 5.09. The summed E-state index contributed by atoms with van der Waals surface area (Å²) in [5.41, 5.74) is 0. The Balaban J connectivity index is 2.33. The zero-order chi connectivity index (χ0) is 15.7. The van der Waals surface area contributed by atoms with Crippen molar-refractivity contribution in [1.29, 1.82) is 0 Å². The highest BCUT2D eigenvalue weighted by Crippen LogP contribution is 2.27. The molecule has 1 rings (SSSR count). The van der Waals surface area contributed by atoms with Crippen molar-refractivity contribution in [2.24, 2.45) is 5.92 Å². The molecule has 0 bridgehead atoms. The third-order valence-electron chi connectivity index (χ3n) is 3.38. The number of carbonyl (C=O) groups excluding carboxylic acids is 1. The van der Waals surface area contributed by atoms with Crippen LogP contribution in [0.4, 0.5) is 0 Å². The van der Waals surface area contributed by atoms with Gasteiger partial charge < -0.3 is 10.1 Å². The van der Waals surface area contributed by atoms with Crippen molar-refractivity contribution in [1.82, 2.24) is 5.32 Å². The molecule has 0 aliphatic carbocycles. The van der Waals surface area contributed by atoms with E-state index in [9.17, 15) is 4.79 Å². The number of benzene rings is 1. The maximum absolute atomic E-state index is 11.8. The molecule has 1 aromatic carbocycles. The Labute approximate surface area is 140 Å². The lowest BCUT2D eigenvalue weighted by molar-refractivity contribution is -0.123. The van der Waals surface area contributed by atoms with Gasteiger partial charge in [0, 0.05) is 11.6 Å². The number of hydrogen-bond acceptors (Lipinski definition) is 2. The molecule has 0 saturated carbocycles. The van der Waals surface area contributed by atoms with E-state index in [0.717, 1.165) is 23.9 Å². The molecule has 1 amide bonds. The number of halogens is 2. The highest BCUT2D eigenvalue weighted by molar-refractivity contribution is 9.10. The molecule has 1 N–H and O–H groups in total. The van der Waals surface area contributed by atoms with Crippen LogP contribution in [0.2, 0.25) is 5.02 Å². The lowest BCUT2D eigenvalue weighted by Gasteiger charge is -2.15. The van der Waals surface area contributed by atoms with Crippen molar-refractivity contribution in [3.8, 4) is 5.75 Å². The average molecular weight is 377 g/mol. The molecule has 0 radical (unpaired) electrons. The van der Waals surface area contributed by atoms with Crippen LogP contribution >= 0.6 is 27.5 Å². The van der Waals surface area contributed by atoms with Crippen LogP contribution in [0, 0.1) is 5.92 Å². The second-order valence-electron chi connectivity index (χ2n) is 5.08. The molecule has 0 aliphatic heterocycles.